The molecule has 122 valence electrons. The summed E-state index contributed by atoms with van der Waals surface area (Å²) in [5.41, 5.74) is 3.06. The van der Waals surface area contributed by atoms with Crippen LogP contribution in [0.2, 0.25) is 5.02 Å². The maximum absolute atomic E-state index is 12.0. The molecular weight excluding hydrogens is 322 g/mol. The molecule has 23 heavy (non-hydrogen) atoms. The average Bonchev–Trinajstić information content (AvgIpc) is 2.54. The van der Waals surface area contributed by atoms with Gasteiger partial charge in [-0.3, -0.25) is 9.59 Å². The summed E-state index contributed by atoms with van der Waals surface area (Å²) in [4.78, 5) is 34.8. The molecule has 0 aliphatic carbocycles. The number of hydrazone groups is 1. The van der Waals surface area contributed by atoms with E-state index >= 15 is 0 Å². The van der Waals surface area contributed by atoms with Gasteiger partial charge in [0, 0.05) is 24.4 Å². The second-order valence-electron chi connectivity index (χ2n) is 4.95. The molecular formula is C15H16ClN3O4. The normalized spacial score (nSPS) is 15.2. The number of amides is 2. The lowest BCUT2D eigenvalue weighted by atomic mass is 10.2. The Morgan fingerprint density at radius 3 is 2.78 bits per heavy atom. The minimum atomic E-state index is -0.981. The summed E-state index contributed by atoms with van der Waals surface area (Å²) in [5, 5.41) is 6.81. The van der Waals surface area contributed by atoms with Crippen LogP contribution in [0.3, 0.4) is 0 Å². The highest BCUT2D eigenvalue weighted by atomic mass is 35.5. The quantitative estimate of drug-likeness (QED) is 0.788. The SMILES string of the molecule is C[C@H](OC(=O)C1=NNC(=O)CC1)C(=O)NCc1ccccc1Cl. The topological polar surface area (TPSA) is 96.9 Å². The molecule has 2 amide bonds. The van der Waals surface area contributed by atoms with Gasteiger partial charge in [-0.1, -0.05) is 29.8 Å². The Bertz CT molecular complexity index is 660. The predicted molar refractivity (Wildman–Crippen MR) is 83.7 cm³/mol. The molecule has 0 saturated carbocycles. The highest BCUT2D eigenvalue weighted by Gasteiger charge is 2.24. The third-order valence-corrected chi connectivity index (χ3v) is 3.57. The number of hydrogen-bond donors (Lipinski definition) is 2. The van der Waals surface area contributed by atoms with Gasteiger partial charge in [0.2, 0.25) is 5.91 Å². The number of halogens is 1. The Labute approximate surface area is 138 Å². The first-order valence-corrected chi connectivity index (χ1v) is 7.42. The van der Waals surface area contributed by atoms with Crippen LogP contribution in [0, 0.1) is 0 Å². The van der Waals surface area contributed by atoms with Crippen LogP contribution in [0.25, 0.3) is 0 Å². The Kier molecular flexibility index (Phi) is 5.70. The van der Waals surface area contributed by atoms with Gasteiger partial charge in [0.1, 0.15) is 5.71 Å². The number of nitrogens with one attached hydrogen (secondary N) is 2. The maximum atomic E-state index is 12.0. The second-order valence-corrected chi connectivity index (χ2v) is 5.36. The molecule has 0 spiro atoms. The van der Waals surface area contributed by atoms with Crippen molar-refractivity contribution in [2.75, 3.05) is 0 Å². The molecule has 7 nitrogen and oxygen atoms in total. The monoisotopic (exact) mass is 337 g/mol. The van der Waals surface area contributed by atoms with Crippen molar-refractivity contribution in [3.05, 3.63) is 34.9 Å². The molecule has 0 bridgehead atoms. The Morgan fingerprint density at radius 2 is 2.13 bits per heavy atom. The van der Waals surface area contributed by atoms with Crippen LogP contribution < -0.4 is 10.7 Å². The van der Waals surface area contributed by atoms with Crippen LogP contribution in [-0.4, -0.2) is 29.6 Å². The van der Waals surface area contributed by atoms with E-state index in [0.717, 1.165) is 5.56 Å². The first-order valence-electron chi connectivity index (χ1n) is 7.05. The largest absolute Gasteiger partial charge is 0.448 e. The first-order chi connectivity index (χ1) is 11.0. The molecule has 1 aromatic carbocycles. The van der Waals surface area contributed by atoms with E-state index in [4.69, 9.17) is 16.3 Å². The third kappa shape index (κ3) is 4.79. The van der Waals surface area contributed by atoms with Gasteiger partial charge in [0.05, 0.1) is 0 Å². The molecule has 0 unspecified atom stereocenters. The molecule has 2 rings (SSSR count). The molecule has 1 aliphatic heterocycles. The fraction of sp³-hybridized carbons (Fsp3) is 0.333. The van der Waals surface area contributed by atoms with Crippen LogP contribution in [-0.2, 0) is 25.7 Å². The number of carbonyl (C=O) groups is 3. The van der Waals surface area contributed by atoms with Crippen molar-refractivity contribution in [2.24, 2.45) is 5.10 Å². The Balaban J connectivity index is 1.84. The van der Waals surface area contributed by atoms with Gasteiger partial charge < -0.3 is 10.1 Å². The Hall–Kier alpha value is -2.41. The van der Waals surface area contributed by atoms with Crippen LogP contribution >= 0.6 is 11.6 Å². The number of nitrogens with zero attached hydrogens (tertiary/aromatic N) is 1. The number of ether oxygens (including phenoxy) is 1. The zero-order valence-electron chi connectivity index (χ0n) is 12.5. The minimum absolute atomic E-state index is 0.0929. The van der Waals surface area contributed by atoms with Gasteiger partial charge in [-0.05, 0) is 18.6 Å². The lowest BCUT2D eigenvalue weighted by Crippen LogP contribution is -2.38. The minimum Gasteiger partial charge on any atom is -0.448 e. The van der Waals surface area contributed by atoms with Crippen molar-refractivity contribution in [3.63, 3.8) is 0 Å². The molecule has 0 aromatic heterocycles. The molecule has 1 atom stereocenters. The van der Waals surface area contributed by atoms with Gasteiger partial charge in [0.15, 0.2) is 6.10 Å². The van der Waals surface area contributed by atoms with Gasteiger partial charge in [-0.25, -0.2) is 10.2 Å². The van der Waals surface area contributed by atoms with E-state index in [1.54, 1.807) is 18.2 Å². The highest BCUT2D eigenvalue weighted by Crippen LogP contribution is 2.14. The zero-order valence-corrected chi connectivity index (χ0v) is 13.2. The molecule has 0 saturated heterocycles. The summed E-state index contributed by atoms with van der Waals surface area (Å²) in [6, 6.07) is 7.12. The van der Waals surface area contributed by atoms with Gasteiger partial charge >= 0.3 is 5.97 Å². The molecule has 0 fully saturated rings. The van der Waals surface area contributed by atoms with E-state index in [1.807, 2.05) is 6.07 Å². The summed E-state index contributed by atoms with van der Waals surface area (Å²) in [6.07, 6.45) is -0.620. The maximum Gasteiger partial charge on any atom is 0.355 e. The van der Waals surface area contributed by atoms with E-state index in [9.17, 15) is 14.4 Å². The summed E-state index contributed by atoms with van der Waals surface area (Å²) in [6.45, 7) is 1.69. The lowest BCUT2D eigenvalue weighted by molar-refractivity contribution is -0.148. The first kappa shape index (κ1) is 17.0. The van der Waals surface area contributed by atoms with E-state index in [1.165, 1.54) is 6.92 Å². The molecule has 8 heteroatoms. The average molecular weight is 338 g/mol. The van der Waals surface area contributed by atoms with Gasteiger partial charge in [-0.2, -0.15) is 5.10 Å². The number of rotatable bonds is 5. The van der Waals surface area contributed by atoms with Gasteiger partial charge in [0.25, 0.3) is 5.91 Å². The van der Waals surface area contributed by atoms with E-state index in [-0.39, 0.29) is 31.0 Å². The fourth-order valence-electron chi connectivity index (χ4n) is 1.87. The summed E-state index contributed by atoms with van der Waals surface area (Å²) < 4.78 is 5.04. The van der Waals surface area contributed by atoms with Crippen LogP contribution in [0.15, 0.2) is 29.4 Å². The van der Waals surface area contributed by atoms with Crippen LogP contribution in [0.1, 0.15) is 25.3 Å². The molecule has 0 radical (unpaired) electrons. The second kappa shape index (κ2) is 7.73. The summed E-state index contributed by atoms with van der Waals surface area (Å²) >= 11 is 6.00. The number of esters is 1. The smallest absolute Gasteiger partial charge is 0.355 e. The van der Waals surface area contributed by atoms with E-state index in [0.29, 0.717) is 5.02 Å². The van der Waals surface area contributed by atoms with Crippen molar-refractivity contribution in [3.8, 4) is 0 Å². The van der Waals surface area contributed by atoms with Crippen LogP contribution in [0.4, 0.5) is 0 Å². The van der Waals surface area contributed by atoms with E-state index in [2.05, 4.69) is 15.8 Å². The zero-order chi connectivity index (χ0) is 16.8. The van der Waals surface area contributed by atoms with Gasteiger partial charge in [-0.15, -0.1) is 0 Å². The number of benzene rings is 1. The fourth-order valence-corrected chi connectivity index (χ4v) is 2.07. The number of carbonyl (C=O) groups excluding carboxylic acids is 3. The Morgan fingerprint density at radius 1 is 1.39 bits per heavy atom. The highest BCUT2D eigenvalue weighted by molar-refractivity contribution is 6.37. The van der Waals surface area contributed by atoms with Crippen molar-refractivity contribution in [1.29, 1.82) is 0 Å². The molecule has 1 heterocycles. The summed E-state index contributed by atoms with van der Waals surface area (Å²) in [5.74, 6) is -1.42. The predicted octanol–water partition coefficient (Wildman–Crippen LogP) is 1.15. The van der Waals surface area contributed by atoms with Crippen molar-refractivity contribution in [1.82, 2.24) is 10.7 Å². The third-order valence-electron chi connectivity index (χ3n) is 3.20. The van der Waals surface area contributed by atoms with Crippen molar-refractivity contribution in [2.45, 2.75) is 32.4 Å². The van der Waals surface area contributed by atoms with Crippen LogP contribution in [0.5, 0.6) is 0 Å². The molecule has 1 aliphatic rings. The standard InChI is InChI=1S/C15H16ClN3O4/c1-9(23-15(22)12-6-7-13(20)19-18-12)14(21)17-8-10-4-2-3-5-11(10)16/h2-5,9H,6-8H2,1H3,(H,17,21)(H,19,20)/t9-/m0/s1. The van der Waals surface area contributed by atoms with E-state index < -0.39 is 18.0 Å². The van der Waals surface area contributed by atoms with Crippen molar-refractivity contribution < 1.29 is 19.1 Å². The molecule has 1 aromatic rings. The molecule has 2 N–H and O–H groups in total. The van der Waals surface area contributed by atoms with Crippen molar-refractivity contribution >= 4 is 35.1 Å². The summed E-state index contributed by atoms with van der Waals surface area (Å²) in [7, 11) is 0. The number of hydrogen-bond acceptors (Lipinski definition) is 5. The lowest BCUT2D eigenvalue weighted by Gasteiger charge is -2.16.